The average molecular weight is 337 g/mol. The molecule has 2 heterocycles. The molecule has 0 unspecified atom stereocenters. The molecular weight excluding hydrogens is 314 g/mol. The molecule has 1 aromatic rings. The predicted molar refractivity (Wildman–Crippen MR) is 84.6 cm³/mol. The van der Waals surface area contributed by atoms with E-state index in [9.17, 15) is 14.4 Å². The highest BCUT2D eigenvalue weighted by molar-refractivity contribution is 6.00. The second kappa shape index (κ2) is 8.55. The molecule has 1 aliphatic heterocycles. The first-order valence-electron chi connectivity index (χ1n) is 7.92. The average Bonchev–Trinajstić information content (AvgIpc) is 3.18. The fraction of sp³-hybridized carbons (Fsp3) is 0.600. The van der Waals surface area contributed by atoms with Crippen molar-refractivity contribution in [2.45, 2.75) is 38.3 Å². The van der Waals surface area contributed by atoms with Crippen LogP contribution in [-0.4, -0.2) is 64.4 Å². The maximum absolute atomic E-state index is 12.3. The number of aromatic nitrogens is 2. The van der Waals surface area contributed by atoms with Gasteiger partial charge in [-0.1, -0.05) is 0 Å². The number of carbonyl (C=O) groups excluding carboxylic acids is 3. The molecule has 1 aliphatic rings. The van der Waals surface area contributed by atoms with E-state index < -0.39 is 18.0 Å². The number of rotatable bonds is 7. The minimum absolute atomic E-state index is 0.229. The van der Waals surface area contributed by atoms with Gasteiger partial charge in [0.15, 0.2) is 0 Å². The summed E-state index contributed by atoms with van der Waals surface area (Å²) in [6.07, 6.45) is 4.88. The molecule has 2 amide bonds. The number of carbonyl (C=O) groups is 3. The first kappa shape index (κ1) is 18.1. The van der Waals surface area contributed by atoms with Gasteiger partial charge in [-0.25, -0.2) is 4.98 Å². The lowest BCUT2D eigenvalue weighted by molar-refractivity contribution is -0.141. The van der Waals surface area contributed by atoms with E-state index >= 15 is 0 Å². The summed E-state index contributed by atoms with van der Waals surface area (Å²) < 4.78 is 4.90. The smallest absolute Gasteiger partial charge is 0.302 e. The number of nitrogens with zero attached hydrogens (tertiary/aromatic N) is 2. The van der Waals surface area contributed by atoms with Crippen molar-refractivity contribution in [3.63, 3.8) is 0 Å². The monoisotopic (exact) mass is 337 g/mol. The van der Waals surface area contributed by atoms with Gasteiger partial charge in [-0.3, -0.25) is 24.6 Å². The molecule has 0 aromatic carbocycles. The van der Waals surface area contributed by atoms with Crippen LogP contribution in [0.1, 0.15) is 25.5 Å². The van der Waals surface area contributed by atoms with Crippen LogP contribution in [0.15, 0.2) is 12.5 Å². The van der Waals surface area contributed by atoms with Crippen LogP contribution in [-0.2, 0) is 25.5 Å². The largest absolute Gasteiger partial charge is 0.465 e. The molecule has 4 N–H and O–H groups in total. The lowest BCUT2D eigenvalue weighted by atomic mass is 10.1. The van der Waals surface area contributed by atoms with Crippen LogP contribution in [0.5, 0.6) is 0 Å². The zero-order valence-electron chi connectivity index (χ0n) is 13.7. The van der Waals surface area contributed by atoms with Gasteiger partial charge in [0, 0.05) is 31.8 Å². The Hall–Kier alpha value is -2.26. The van der Waals surface area contributed by atoms with Crippen LogP contribution in [0, 0.1) is 0 Å². The van der Waals surface area contributed by atoms with Gasteiger partial charge in [-0.15, -0.1) is 0 Å². The zero-order chi connectivity index (χ0) is 17.5. The molecule has 9 heteroatoms. The van der Waals surface area contributed by atoms with E-state index in [1.807, 2.05) is 4.90 Å². The lowest BCUT2D eigenvalue weighted by Gasteiger charge is -2.23. The van der Waals surface area contributed by atoms with E-state index in [4.69, 9.17) is 10.5 Å². The van der Waals surface area contributed by atoms with Gasteiger partial charge in [-0.05, 0) is 19.4 Å². The molecule has 0 spiro atoms. The SMILES string of the molecule is CC(=O)OCCN1CCC[C@H]1C(=O)NC(=O)[C@@H](N)Cc1cnc[nH]1. The molecule has 1 fully saturated rings. The predicted octanol–water partition coefficient (Wildman–Crippen LogP) is -1.05. The third-order valence-corrected chi connectivity index (χ3v) is 3.93. The number of H-pyrrole nitrogens is 1. The second-order valence-electron chi connectivity index (χ2n) is 5.78. The number of ether oxygens (including phenoxy) is 1. The fourth-order valence-electron chi connectivity index (χ4n) is 2.72. The summed E-state index contributed by atoms with van der Waals surface area (Å²) in [7, 11) is 0. The number of imidazole rings is 1. The van der Waals surface area contributed by atoms with Crippen molar-refractivity contribution < 1.29 is 19.1 Å². The van der Waals surface area contributed by atoms with Crippen LogP contribution in [0.4, 0.5) is 0 Å². The summed E-state index contributed by atoms with van der Waals surface area (Å²) in [6, 6.07) is -1.23. The number of nitrogens with one attached hydrogen (secondary N) is 2. The van der Waals surface area contributed by atoms with Crippen molar-refractivity contribution in [3.8, 4) is 0 Å². The Morgan fingerprint density at radius 1 is 1.54 bits per heavy atom. The molecule has 0 saturated carbocycles. The van der Waals surface area contributed by atoms with Crippen molar-refractivity contribution >= 4 is 17.8 Å². The van der Waals surface area contributed by atoms with Gasteiger partial charge in [0.05, 0.1) is 18.4 Å². The van der Waals surface area contributed by atoms with Gasteiger partial charge in [0.2, 0.25) is 11.8 Å². The number of aromatic amines is 1. The van der Waals surface area contributed by atoms with Gasteiger partial charge >= 0.3 is 5.97 Å². The Morgan fingerprint density at radius 3 is 3.00 bits per heavy atom. The third-order valence-electron chi connectivity index (χ3n) is 3.93. The van der Waals surface area contributed by atoms with Crippen LogP contribution in [0.25, 0.3) is 0 Å². The normalized spacial score (nSPS) is 19.0. The molecule has 1 aromatic heterocycles. The molecule has 1 saturated heterocycles. The van der Waals surface area contributed by atoms with E-state index in [-0.39, 0.29) is 24.9 Å². The maximum Gasteiger partial charge on any atom is 0.302 e. The number of amides is 2. The van der Waals surface area contributed by atoms with Gasteiger partial charge in [0.1, 0.15) is 6.61 Å². The minimum atomic E-state index is -0.828. The van der Waals surface area contributed by atoms with E-state index in [1.165, 1.54) is 13.3 Å². The fourth-order valence-corrected chi connectivity index (χ4v) is 2.72. The van der Waals surface area contributed by atoms with Crippen LogP contribution in [0.2, 0.25) is 0 Å². The Morgan fingerprint density at radius 2 is 2.33 bits per heavy atom. The number of imide groups is 1. The molecule has 132 valence electrons. The Labute approximate surface area is 139 Å². The van der Waals surface area contributed by atoms with E-state index in [1.54, 1.807) is 6.20 Å². The number of esters is 1. The molecule has 2 rings (SSSR count). The summed E-state index contributed by atoms with van der Waals surface area (Å²) in [4.78, 5) is 43.8. The highest BCUT2D eigenvalue weighted by Crippen LogP contribution is 2.16. The third kappa shape index (κ3) is 5.14. The summed E-state index contributed by atoms with van der Waals surface area (Å²) in [5, 5.41) is 2.38. The van der Waals surface area contributed by atoms with Gasteiger partial charge < -0.3 is 15.5 Å². The van der Waals surface area contributed by atoms with Gasteiger partial charge in [0.25, 0.3) is 0 Å². The second-order valence-corrected chi connectivity index (χ2v) is 5.78. The molecule has 2 atom stereocenters. The van der Waals surface area contributed by atoms with Crippen LogP contribution < -0.4 is 11.1 Å². The first-order chi connectivity index (χ1) is 11.5. The van der Waals surface area contributed by atoms with Crippen molar-refractivity contribution in [2.24, 2.45) is 5.73 Å². The van der Waals surface area contributed by atoms with Crippen LogP contribution >= 0.6 is 0 Å². The number of hydrogen-bond acceptors (Lipinski definition) is 7. The number of nitrogens with two attached hydrogens (primary N) is 1. The van der Waals surface area contributed by atoms with E-state index in [0.717, 1.165) is 18.7 Å². The Bertz CT molecular complexity index is 574. The summed E-state index contributed by atoms with van der Waals surface area (Å²) in [5.74, 6) is -1.23. The topological polar surface area (TPSA) is 130 Å². The Balaban J connectivity index is 1.81. The summed E-state index contributed by atoms with van der Waals surface area (Å²) in [6.45, 7) is 2.76. The van der Waals surface area contributed by atoms with Crippen LogP contribution in [0.3, 0.4) is 0 Å². The Kier molecular flexibility index (Phi) is 6.44. The molecule has 0 radical (unpaired) electrons. The van der Waals surface area contributed by atoms with Crippen molar-refractivity contribution in [1.82, 2.24) is 20.2 Å². The highest BCUT2D eigenvalue weighted by atomic mass is 16.5. The standard InChI is InChI=1S/C15H23N5O4/c1-10(21)24-6-5-20-4-2-3-13(20)15(23)19-14(22)12(16)7-11-8-17-9-18-11/h8-9,12-13H,2-7,16H2,1H3,(H,17,18)(H,19,22,23)/t12-,13-/m0/s1. The quantitative estimate of drug-likeness (QED) is 0.541. The lowest BCUT2D eigenvalue weighted by Crippen LogP contribution is -2.51. The number of hydrogen-bond donors (Lipinski definition) is 3. The van der Waals surface area contributed by atoms with E-state index in [2.05, 4.69) is 15.3 Å². The summed E-state index contributed by atoms with van der Waals surface area (Å²) in [5.41, 5.74) is 6.55. The molecule has 24 heavy (non-hydrogen) atoms. The van der Waals surface area contributed by atoms with Crippen molar-refractivity contribution in [3.05, 3.63) is 18.2 Å². The maximum atomic E-state index is 12.3. The van der Waals surface area contributed by atoms with E-state index in [0.29, 0.717) is 13.0 Å². The molecule has 0 aliphatic carbocycles. The minimum Gasteiger partial charge on any atom is -0.465 e. The highest BCUT2D eigenvalue weighted by Gasteiger charge is 2.32. The molecule has 0 bridgehead atoms. The van der Waals surface area contributed by atoms with Crippen molar-refractivity contribution in [2.75, 3.05) is 19.7 Å². The zero-order valence-corrected chi connectivity index (χ0v) is 13.7. The van der Waals surface area contributed by atoms with Gasteiger partial charge in [-0.2, -0.15) is 0 Å². The molecular formula is C15H23N5O4. The molecule has 9 nitrogen and oxygen atoms in total. The first-order valence-corrected chi connectivity index (χ1v) is 7.92. The number of likely N-dealkylation sites (tertiary alicyclic amines) is 1. The van der Waals surface area contributed by atoms with Crippen molar-refractivity contribution in [1.29, 1.82) is 0 Å². The summed E-state index contributed by atoms with van der Waals surface area (Å²) >= 11 is 0.